The molecule has 0 amide bonds. The number of nitrogens with zero attached hydrogens (tertiary/aromatic N) is 1. The molecule has 1 aliphatic heterocycles. The Bertz CT molecular complexity index is 648. The first-order valence-corrected chi connectivity index (χ1v) is 5.80. The number of ether oxygens (including phenoxy) is 2. The van der Waals surface area contributed by atoms with Crippen molar-refractivity contribution in [3.8, 4) is 22.8 Å². The summed E-state index contributed by atoms with van der Waals surface area (Å²) in [5, 5.41) is 15.6. The summed E-state index contributed by atoms with van der Waals surface area (Å²) in [4.78, 5) is 10.7. The number of aryl methyl sites for hydroxylation is 1. The molecule has 0 atom stereocenters. The van der Waals surface area contributed by atoms with E-state index in [4.69, 9.17) is 14.6 Å². The van der Waals surface area contributed by atoms with E-state index in [9.17, 15) is 4.79 Å². The normalized spacial score (nSPS) is 12.7. The van der Waals surface area contributed by atoms with Gasteiger partial charge < -0.3 is 14.6 Å². The molecule has 19 heavy (non-hydrogen) atoms. The zero-order valence-corrected chi connectivity index (χ0v) is 10.3. The molecular weight excluding hydrogens is 248 g/mol. The molecule has 0 spiro atoms. The molecule has 2 N–H and O–H groups in total. The maximum atomic E-state index is 10.7. The van der Waals surface area contributed by atoms with Crippen LogP contribution in [0.25, 0.3) is 11.3 Å². The van der Waals surface area contributed by atoms with Crippen molar-refractivity contribution in [2.45, 2.75) is 13.3 Å². The van der Waals surface area contributed by atoms with E-state index in [1.165, 1.54) is 0 Å². The van der Waals surface area contributed by atoms with E-state index in [0.29, 0.717) is 17.1 Å². The van der Waals surface area contributed by atoms with Crippen LogP contribution in [0.3, 0.4) is 0 Å². The third-order valence-corrected chi connectivity index (χ3v) is 2.97. The lowest BCUT2D eigenvalue weighted by Gasteiger charge is -2.04. The lowest BCUT2D eigenvalue weighted by Crippen LogP contribution is -1.99. The topological polar surface area (TPSA) is 84.4 Å². The Hall–Kier alpha value is -2.50. The number of fused-ring (bicyclic) bond motifs is 1. The summed E-state index contributed by atoms with van der Waals surface area (Å²) in [6, 6.07) is 5.49. The average molecular weight is 260 g/mol. The van der Waals surface area contributed by atoms with Crippen LogP contribution in [0.15, 0.2) is 18.2 Å². The Labute approximate surface area is 109 Å². The van der Waals surface area contributed by atoms with E-state index >= 15 is 0 Å². The minimum Gasteiger partial charge on any atom is -0.481 e. The monoisotopic (exact) mass is 260 g/mol. The Morgan fingerprint density at radius 2 is 2.11 bits per heavy atom. The van der Waals surface area contributed by atoms with Crippen LogP contribution in [-0.2, 0) is 11.2 Å². The zero-order valence-electron chi connectivity index (χ0n) is 10.3. The first-order chi connectivity index (χ1) is 9.13. The van der Waals surface area contributed by atoms with Crippen LogP contribution < -0.4 is 9.47 Å². The summed E-state index contributed by atoms with van der Waals surface area (Å²) >= 11 is 0. The molecule has 1 aromatic heterocycles. The number of hydrogen-bond donors (Lipinski definition) is 2. The summed E-state index contributed by atoms with van der Waals surface area (Å²) < 4.78 is 10.6. The average Bonchev–Trinajstić information content (AvgIpc) is 2.95. The summed E-state index contributed by atoms with van der Waals surface area (Å²) in [6.45, 7) is 2.17. The fraction of sp³-hybridized carbons (Fsp3) is 0.231. The Balaban J connectivity index is 1.98. The highest BCUT2D eigenvalue weighted by Crippen LogP contribution is 2.37. The largest absolute Gasteiger partial charge is 0.481 e. The second-order valence-corrected chi connectivity index (χ2v) is 4.37. The van der Waals surface area contributed by atoms with Crippen LogP contribution >= 0.6 is 0 Å². The number of carboxylic acid groups (broad SMARTS) is 1. The van der Waals surface area contributed by atoms with Gasteiger partial charge in [0, 0.05) is 11.3 Å². The lowest BCUT2D eigenvalue weighted by molar-refractivity contribution is -0.136. The van der Waals surface area contributed by atoms with Crippen LogP contribution in [0.1, 0.15) is 11.3 Å². The molecule has 6 heteroatoms. The van der Waals surface area contributed by atoms with Gasteiger partial charge in [-0.2, -0.15) is 5.10 Å². The number of rotatable bonds is 3. The molecule has 2 heterocycles. The molecule has 0 saturated heterocycles. The predicted molar refractivity (Wildman–Crippen MR) is 66.2 cm³/mol. The minimum absolute atomic E-state index is 0.0728. The Morgan fingerprint density at radius 3 is 2.84 bits per heavy atom. The van der Waals surface area contributed by atoms with Gasteiger partial charge in [-0.1, -0.05) is 0 Å². The highest BCUT2D eigenvalue weighted by Gasteiger charge is 2.17. The first-order valence-electron chi connectivity index (χ1n) is 5.80. The van der Waals surface area contributed by atoms with Crippen molar-refractivity contribution >= 4 is 5.97 Å². The van der Waals surface area contributed by atoms with Crippen LogP contribution in [-0.4, -0.2) is 28.1 Å². The molecule has 98 valence electrons. The molecule has 0 radical (unpaired) electrons. The van der Waals surface area contributed by atoms with Gasteiger partial charge in [0.1, 0.15) is 0 Å². The van der Waals surface area contributed by atoms with Crippen LogP contribution in [0.2, 0.25) is 0 Å². The molecule has 0 saturated carbocycles. The Kier molecular flexibility index (Phi) is 2.63. The molecule has 0 fully saturated rings. The maximum Gasteiger partial charge on any atom is 0.309 e. The number of benzene rings is 1. The van der Waals surface area contributed by atoms with E-state index in [2.05, 4.69) is 10.2 Å². The smallest absolute Gasteiger partial charge is 0.309 e. The van der Waals surface area contributed by atoms with E-state index in [-0.39, 0.29) is 13.2 Å². The quantitative estimate of drug-likeness (QED) is 0.878. The molecular formula is C13H12N2O4. The standard InChI is InChI=1S/C13H12N2O4/c1-7-2-11-12(19-6-18-11)5-9(7)10-3-8(14-15-10)4-13(16)17/h2-3,5H,4,6H2,1H3,(H,14,15)(H,16,17). The number of carbonyl (C=O) groups is 1. The molecule has 0 unspecified atom stereocenters. The molecule has 6 nitrogen and oxygen atoms in total. The molecule has 0 aliphatic carbocycles. The van der Waals surface area contributed by atoms with Gasteiger partial charge >= 0.3 is 5.97 Å². The van der Waals surface area contributed by atoms with Crippen molar-refractivity contribution in [3.63, 3.8) is 0 Å². The van der Waals surface area contributed by atoms with Gasteiger partial charge in [-0.25, -0.2) is 0 Å². The van der Waals surface area contributed by atoms with Gasteiger partial charge in [0.05, 0.1) is 12.1 Å². The van der Waals surface area contributed by atoms with Gasteiger partial charge in [-0.05, 0) is 30.7 Å². The third-order valence-electron chi connectivity index (χ3n) is 2.97. The van der Waals surface area contributed by atoms with E-state index in [1.807, 2.05) is 19.1 Å². The highest BCUT2D eigenvalue weighted by atomic mass is 16.7. The van der Waals surface area contributed by atoms with Crippen molar-refractivity contribution in [1.29, 1.82) is 0 Å². The maximum absolute atomic E-state index is 10.7. The second-order valence-electron chi connectivity index (χ2n) is 4.37. The first kappa shape index (κ1) is 11.6. The summed E-state index contributed by atoms with van der Waals surface area (Å²) in [7, 11) is 0. The molecule has 0 bridgehead atoms. The minimum atomic E-state index is -0.891. The molecule has 1 aliphatic rings. The number of hydrogen-bond acceptors (Lipinski definition) is 4. The van der Waals surface area contributed by atoms with E-state index < -0.39 is 5.97 Å². The highest BCUT2D eigenvalue weighted by molar-refractivity contribution is 5.72. The van der Waals surface area contributed by atoms with Gasteiger partial charge in [0.2, 0.25) is 6.79 Å². The lowest BCUT2D eigenvalue weighted by atomic mass is 10.0. The van der Waals surface area contributed by atoms with Crippen LogP contribution in [0, 0.1) is 6.92 Å². The molecule has 1 aromatic carbocycles. The number of nitrogens with one attached hydrogen (secondary N) is 1. The SMILES string of the molecule is Cc1cc2c(cc1-c1cc(CC(=O)O)[nH]n1)OCO2. The number of carboxylic acids is 1. The second kappa shape index (κ2) is 4.31. The van der Waals surface area contributed by atoms with Crippen LogP contribution in [0.4, 0.5) is 0 Å². The number of aromatic nitrogens is 2. The van der Waals surface area contributed by atoms with Gasteiger partial charge in [0.25, 0.3) is 0 Å². The van der Waals surface area contributed by atoms with E-state index in [0.717, 1.165) is 16.9 Å². The van der Waals surface area contributed by atoms with Crippen molar-refractivity contribution in [1.82, 2.24) is 10.2 Å². The summed E-state index contributed by atoms with van der Waals surface area (Å²) in [5.41, 5.74) is 3.17. The van der Waals surface area contributed by atoms with Gasteiger partial charge in [0.15, 0.2) is 11.5 Å². The predicted octanol–water partition coefficient (Wildman–Crippen LogP) is 1.74. The van der Waals surface area contributed by atoms with Gasteiger partial charge in [-0.15, -0.1) is 0 Å². The number of aromatic amines is 1. The summed E-state index contributed by atoms with van der Waals surface area (Å²) in [5.74, 6) is 0.517. The third kappa shape index (κ3) is 2.12. The van der Waals surface area contributed by atoms with Crippen molar-refractivity contribution in [2.75, 3.05) is 6.79 Å². The zero-order chi connectivity index (χ0) is 13.4. The van der Waals surface area contributed by atoms with Crippen molar-refractivity contribution in [2.24, 2.45) is 0 Å². The molecule has 3 rings (SSSR count). The molecule has 2 aromatic rings. The fourth-order valence-corrected chi connectivity index (χ4v) is 2.07. The number of aliphatic carboxylic acids is 1. The van der Waals surface area contributed by atoms with Crippen molar-refractivity contribution in [3.05, 3.63) is 29.5 Å². The Morgan fingerprint density at radius 1 is 1.37 bits per heavy atom. The summed E-state index contributed by atoms with van der Waals surface area (Å²) in [6.07, 6.45) is -0.0728. The fourth-order valence-electron chi connectivity index (χ4n) is 2.07. The van der Waals surface area contributed by atoms with Gasteiger partial charge in [-0.3, -0.25) is 9.89 Å². The van der Waals surface area contributed by atoms with E-state index in [1.54, 1.807) is 6.07 Å². The van der Waals surface area contributed by atoms with Crippen molar-refractivity contribution < 1.29 is 19.4 Å². The van der Waals surface area contributed by atoms with Crippen LogP contribution in [0.5, 0.6) is 11.5 Å². The number of H-pyrrole nitrogens is 1.